The molecule has 7 heteroatoms. The van der Waals surface area contributed by atoms with Gasteiger partial charge in [-0.3, -0.25) is 9.59 Å². The van der Waals surface area contributed by atoms with Crippen LogP contribution in [0.3, 0.4) is 0 Å². The van der Waals surface area contributed by atoms with Crippen LogP contribution < -0.4 is 5.32 Å². The van der Waals surface area contributed by atoms with Gasteiger partial charge in [-0.2, -0.15) is 0 Å². The van der Waals surface area contributed by atoms with E-state index in [1.165, 1.54) is 6.08 Å². The fourth-order valence-electron chi connectivity index (χ4n) is 3.03. The summed E-state index contributed by atoms with van der Waals surface area (Å²) in [5.74, 6) is -1.95. The van der Waals surface area contributed by atoms with Crippen LogP contribution >= 0.6 is 0 Å². The second kappa shape index (κ2) is 10.5. The Hall–Kier alpha value is -2.67. The number of amides is 2. The maximum absolute atomic E-state index is 12.5. The molecule has 1 heterocycles. The minimum Gasteiger partial charge on any atom is -0.480 e. The first kappa shape index (κ1) is 20.6. The standard InChI is InChI=1S/C20H26N2O5/c1-2-11-27-14-17(20(25)26)21-19(24)16-9-6-10-22(13-16)18(23)12-15-7-4-3-5-8-15/h2-5,7-8,16-17H,1,6,9-14H2,(H,21,24)(H,25,26). The third kappa shape index (κ3) is 6.53. The second-order valence-corrected chi connectivity index (χ2v) is 6.57. The quantitative estimate of drug-likeness (QED) is 0.501. The molecule has 2 atom stereocenters. The van der Waals surface area contributed by atoms with Crippen molar-refractivity contribution in [2.75, 3.05) is 26.3 Å². The molecule has 2 amide bonds. The summed E-state index contributed by atoms with van der Waals surface area (Å²) in [6.07, 6.45) is 3.14. The first-order chi connectivity index (χ1) is 13.0. The highest BCUT2D eigenvalue weighted by molar-refractivity contribution is 5.86. The van der Waals surface area contributed by atoms with Gasteiger partial charge in [-0.1, -0.05) is 36.4 Å². The van der Waals surface area contributed by atoms with Crippen LogP contribution in [0.5, 0.6) is 0 Å². The van der Waals surface area contributed by atoms with E-state index in [9.17, 15) is 19.5 Å². The molecule has 1 aliphatic rings. The number of hydrogen-bond donors (Lipinski definition) is 2. The number of carboxylic acid groups (broad SMARTS) is 1. The number of nitrogens with one attached hydrogen (secondary N) is 1. The fraction of sp³-hybridized carbons (Fsp3) is 0.450. The Bertz CT molecular complexity index is 662. The number of carbonyl (C=O) groups is 3. The molecule has 1 aromatic carbocycles. The van der Waals surface area contributed by atoms with Gasteiger partial charge in [-0.25, -0.2) is 4.79 Å². The van der Waals surface area contributed by atoms with Crippen LogP contribution in [0, 0.1) is 5.92 Å². The van der Waals surface area contributed by atoms with E-state index >= 15 is 0 Å². The Balaban J connectivity index is 1.89. The summed E-state index contributed by atoms with van der Waals surface area (Å²) >= 11 is 0. The summed E-state index contributed by atoms with van der Waals surface area (Å²) in [5, 5.41) is 11.8. The van der Waals surface area contributed by atoms with E-state index in [2.05, 4.69) is 11.9 Å². The van der Waals surface area contributed by atoms with Crippen LogP contribution in [-0.2, 0) is 25.5 Å². The van der Waals surface area contributed by atoms with E-state index in [0.717, 1.165) is 5.56 Å². The molecule has 0 spiro atoms. The van der Waals surface area contributed by atoms with Crippen molar-refractivity contribution < 1.29 is 24.2 Å². The van der Waals surface area contributed by atoms with E-state index in [0.29, 0.717) is 32.4 Å². The number of rotatable bonds is 9. The van der Waals surface area contributed by atoms with Crippen LogP contribution in [0.15, 0.2) is 43.0 Å². The summed E-state index contributed by atoms with van der Waals surface area (Å²) in [6, 6.07) is 8.34. The minimum absolute atomic E-state index is 0.0252. The molecule has 27 heavy (non-hydrogen) atoms. The predicted molar refractivity (Wildman–Crippen MR) is 100 cm³/mol. The van der Waals surface area contributed by atoms with Crippen LogP contribution in [0.2, 0.25) is 0 Å². The number of aliphatic carboxylic acids is 1. The number of hydrogen-bond acceptors (Lipinski definition) is 4. The zero-order valence-electron chi connectivity index (χ0n) is 15.3. The molecule has 1 saturated heterocycles. The summed E-state index contributed by atoms with van der Waals surface area (Å²) in [4.78, 5) is 38.0. The molecule has 2 rings (SSSR count). The molecule has 1 aromatic rings. The number of carboxylic acids is 1. The summed E-state index contributed by atoms with van der Waals surface area (Å²) < 4.78 is 5.14. The average molecular weight is 374 g/mol. The molecule has 1 aliphatic heterocycles. The van der Waals surface area contributed by atoms with Gasteiger partial charge >= 0.3 is 5.97 Å². The largest absolute Gasteiger partial charge is 0.480 e. The van der Waals surface area contributed by atoms with Gasteiger partial charge in [0, 0.05) is 13.1 Å². The molecule has 0 radical (unpaired) electrons. The van der Waals surface area contributed by atoms with Crippen molar-refractivity contribution in [3.63, 3.8) is 0 Å². The van der Waals surface area contributed by atoms with Crippen molar-refractivity contribution >= 4 is 17.8 Å². The summed E-state index contributed by atoms with van der Waals surface area (Å²) in [6.45, 7) is 4.49. The van der Waals surface area contributed by atoms with Crippen molar-refractivity contribution in [3.05, 3.63) is 48.6 Å². The average Bonchev–Trinajstić information content (AvgIpc) is 2.68. The molecular formula is C20H26N2O5. The first-order valence-corrected chi connectivity index (χ1v) is 9.04. The number of carbonyl (C=O) groups excluding carboxylic acids is 2. The van der Waals surface area contributed by atoms with Crippen molar-refractivity contribution in [1.29, 1.82) is 0 Å². The number of nitrogens with zero attached hydrogens (tertiary/aromatic N) is 1. The lowest BCUT2D eigenvalue weighted by Gasteiger charge is -2.32. The molecule has 7 nitrogen and oxygen atoms in total. The number of piperidine rings is 1. The SMILES string of the molecule is C=CCOCC(NC(=O)C1CCCN(C(=O)Cc2ccccc2)C1)C(=O)O. The van der Waals surface area contributed by atoms with Crippen LogP contribution in [0.1, 0.15) is 18.4 Å². The predicted octanol–water partition coefficient (Wildman–Crippen LogP) is 1.24. The lowest BCUT2D eigenvalue weighted by Crippen LogP contribution is -2.51. The van der Waals surface area contributed by atoms with E-state index < -0.39 is 17.9 Å². The highest BCUT2D eigenvalue weighted by atomic mass is 16.5. The van der Waals surface area contributed by atoms with Crippen LogP contribution in [0.25, 0.3) is 0 Å². The molecule has 0 aliphatic carbocycles. The van der Waals surface area contributed by atoms with Crippen LogP contribution in [-0.4, -0.2) is 60.1 Å². The molecule has 0 bridgehead atoms. The van der Waals surface area contributed by atoms with E-state index in [4.69, 9.17) is 4.74 Å². The maximum Gasteiger partial charge on any atom is 0.328 e. The molecule has 1 fully saturated rings. The second-order valence-electron chi connectivity index (χ2n) is 6.57. The zero-order chi connectivity index (χ0) is 19.6. The summed E-state index contributed by atoms with van der Waals surface area (Å²) in [5.41, 5.74) is 0.930. The zero-order valence-corrected chi connectivity index (χ0v) is 15.3. The summed E-state index contributed by atoms with van der Waals surface area (Å²) in [7, 11) is 0. The number of likely N-dealkylation sites (tertiary alicyclic amines) is 1. The molecule has 2 unspecified atom stereocenters. The normalized spacial score (nSPS) is 17.8. The highest BCUT2D eigenvalue weighted by Crippen LogP contribution is 2.18. The van der Waals surface area contributed by atoms with E-state index in [1.54, 1.807) is 4.90 Å². The highest BCUT2D eigenvalue weighted by Gasteiger charge is 2.31. The van der Waals surface area contributed by atoms with Gasteiger partial charge in [-0.05, 0) is 18.4 Å². The minimum atomic E-state index is -1.15. The number of ether oxygens (including phenoxy) is 1. The number of benzene rings is 1. The van der Waals surface area contributed by atoms with Crippen molar-refractivity contribution in [3.8, 4) is 0 Å². The van der Waals surface area contributed by atoms with Crippen molar-refractivity contribution in [2.24, 2.45) is 5.92 Å². The van der Waals surface area contributed by atoms with Gasteiger partial charge < -0.3 is 20.1 Å². The Labute approximate surface area is 159 Å². The molecule has 2 N–H and O–H groups in total. The van der Waals surface area contributed by atoms with Crippen LogP contribution in [0.4, 0.5) is 0 Å². The topological polar surface area (TPSA) is 95.9 Å². The third-order valence-corrected chi connectivity index (χ3v) is 4.48. The Kier molecular flexibility index (Phi) is 8.00. The lowest BCUT2D eigenvalue weighted by molar-refractivity contribution is -0.145. The van der Waals surface area contributed by atoms with Gasteiger partial charge in [0.1, 0.15) is 0 Å². The molecule has 146 valence electrons. The van der Waals surface area contributed by atoms with Crippen molar-refractivity contribution in [1.82, 2.24) is 10.2 Å². The van der Waals surface area contributed by atoms with Gasteiger partial charge in [0.15, 0.2) is 6.04 Å². The molecule has 0 saturated carbocycles. The maximum atomic E-state index is 12.5. The van der Waals surface area contributed by atoms with Gasteiger partial charge in [0.25, 0.3) is 0 Å². The molecular weight excluding hydrogens is 348 g/mol. The first-order valence-electron chi connectivity index (χ1n) is 9.04. The Morgan fingerprint density at radius 3 is 2.74 bits per heavy atom. The molecule has 0 aromatic heterocycles. The van der Waals surface area contributed by atoms with Gasteiger partial charge in [0.05, 0.1) is 25.6 Å². The van der Waals surface area contributed by atoms with E-state index in [1.807, 2.05) is 30.3 Å². The van der Waals surface area contributed by atoms with Gasteiger partial charge in [0.2, 0.25) is 11.8 Å². The Morgan fingerprint density at radius 1 is 1.33 bits per heavy atom. The van der Waals surface area contributed by atoms with Crippen molar-refractivity contribution in [2.45, 2.75) is 25.3 Å². The van der Waals surface area contributed by atoms with E-state index in [-0.39, 0.29) is 25.0 Å². The smallest absolute Gasteiger partial charge is 0.328 e. The van der Waals surface area contributed by atoms with Gasteiger partial charge in [-0.15, -0.1) is 6.58 Å². The Morgan fingerprint density at radius 2 is 2.07 bits per heavy atom. The lowest BCUT2D eigenvalue weighted by atomic mass is 9.96. The fourth-order valence-corrected chi connectivity index (χ4v) is 3.03. The third-order valence-electron chi connectivity index (χ3n) is 4.48. The monoisotopic (exact) mass is 374 g/mol.